The van der Waals surface area contributed by atoms with Gasteiger partial charge in [0.25, 0.3) is 5.09 Å². The van der Waals surface area contributed by atoms with E-state index >= 15 is 0 Å². The number of rotatable bonds is 9. The number of hydrogen-bond acceptors (Lipinski definition) is 10. The zero-order valence-electron chi connectivity index (χ0n) is 21.8. The van der Waals surface area contributed by atoms with Crippen LogP contribution in [0.25, 0.3) is 11.1 Å². The molecule has 1 aliphatic carbocycles. The van der Waals surface area contributed by atoms with Gasteiger partial charge in [0.15, 0.2) is 16.9 Å². The van der Waals surface area contributed by atoms with Gasteiger partial charge < -0.3 is 23.8 Å². The number of ether oxygens (including phenoxy) is 4. The van der Waals surface area contributed by atoms with E-state index in [9.17, 15) is 19.7 Å². The van der Waals surface area contributed by atoms with Gasteiger partial charge in [0, 0.05) is 11.1 Å². The van der Waals surface area contributed by atoms with Crippen molar-refractivity contribution in [2.24, 2.45) is 0 Å². The highest BCUT2D eigenvalue weighted by atomic mass is 32.2. The van der Waals surface area contributed by atoms with E-state index in [4.69, 9.17) is 18.9 Å². The van der Waals surface area contributed by atoms with Crippen LogP contribution in [0.5, 0.6) is 17.2 Å². The Labute approximate surface area is 228 Å². The number of esters is 1. The summed E-state index contributed by atoms with van der Waals surface area (Å²) in [4.78, 5) is 41.9. The summed E-state index contributed by atoms with van der Waals surface area (Å²) in [6, 6.07) is 13.2. The lowest BCUT2D eigenvalue weighted by Gasteiger charge is -2.19. The summed E-state index contributed by atoms with van der Waals surface area (Å²) in [7, 11) is 4.59. The number of carbonyl (C=O) groups excluding carboxylic acids is 1. The van der Waals surface area contributed by atoms with Crippen molar-refractivity contribution in [1.29, 1.82) is 0 Å². The zero-order valence-corrected chi connectivity index (χ0v) is 22.7. The largest absolute Gasteiger partial charge is 0.493 e. The minimum Gasteiger partial charge on any atom is -0.493 e. The zero-order chi connectivity index (χ0) is 28.1. The third-order valence-electron chi connectivity index (χ3n) is 6.41. The maximum Gasteiger partial charge on any atom is 0.338 e. The molecule has 1 atom stereocenters. The quantitative estimate of drug-likeness (QED) is 0.154. The standard InChI is InChI=1S/C28H27NO9S/c1-34-23-13-17-8-10-22(38-28(31)18-7-5-6-16(12-18)15-37-29(32)33)20-14-21(30)24(39-4)11-9-19(20)25(17)27(36-3)26(23)35-2/h5-7,9,11-14,22H,8,10,15H2,1-4H3/t22-/m1/s1. The van der Waals surface area contributed by atoms with E-state index in [1.165, 1.54) is 45.2 Å². The monoisotopic (exact) mass is 553 g/mol. The summed E-state index contributed by atoms with van der Waals surface area (Å²) in [5, 5.41) is 9.67. The lowest BCUT2D eigenvalue weighted by atomic mass is 9.96. The van der Waals surface area contributed by atoms with Gasteiger partial charge in [0.2, 0.25) is 5.75 Å². The van der Waals surface area contributed by atoms with Crippen LogP contribution in [0.2, 0.25) is 0 Å². The van der Waals surface area contributed by atoms with Crippen molar-refractivity contribution in [3.05, 3.63) is 91.1 Å². The highest BCUT2D eigenvalue weighted by Crippen LogP contribution is 2.50. The Balaban J connectivity index is 1.83. The first-order chi connectivity index (χ1) is 18.8. The van der Waals surface area contributed by atoms with E-state index in [0.29, 0.717) is 51.7 Å². The number of benzene rings is 2. The number of fused-ring (bicyclic) bond motifs is 3. The van der Waals surface area contributed by atoms with E-state index in [0.717, 1.165) is 11.1 Å². The van der Waals surface area contributed by atoms with Crippen LogP contribution in [0.3, 0.4) is 0 Å². The molecule has 0 N–H and O–H groups in total. The molecule has 0 spiro atoms. The molecule has 10 nitrogen and oxygen atoms in total. The van der Waals surface area contributed by atoms with Crippen molar-refractivity contribution in [2.75, 3.05) is 27.6 Å². The predicted molar refractivity (Wildman–Crippen MR) is 144 cm³/mol. The summed E-state index contributed by atoms with van der Waals surface area (Å²) in [5.41, 5.74) is 3.26. The molecular weight excluding hydrogens is 526 g/mol. The Morgan fingerprint density at radius 1 is 1.05 bits per heavy atom. The van der Waals surface area contributed by atoms with E-state index in [1.54, 1.807) is 24.3 Å². The van der Waals surface area contributed by atoms with E-state index in [1.807, 2.05) is 18.4 Å². The Morgan fingerprint density at radius 3 is 2.49 bits per heavy atom. The number of hydrogen-bond donors (Lipinski definition) is 0. The molecule has 0 unspecified atom stereocenters. The molecule has 0 saturated heterocycles. The molecule has 204 valence electrons. The average molecular weight is 554 g/mol. The maximum absolute atomic E-state index is 13.3. The van der Waals surface area contributed by atoms with Crippen molar-refractivity contribution in [3.8, 4) is 28.4 Å². The number of thioether (sulfide) groups is 1. The first-order valence-electron chi connectivity index (χ1n) is 11.9. The Kier molecular flexibility index (Phi) is 8.60. The van der Waals surface area contributed by atoms with Gasteiger partial charge in [-0.1, -0.05) is 18.2 Å². The van der Waals surface area contributed by atoms with Crippen LogP contribution in [0.1, 0.15) is 39.6 Å². The molecule has 0 saturated carbocycles. The first kappa shape index (κ1) is 27.8. The third-order valence-corrected chi connectivity index (χ3v) is 7.19. The molecule has 1 aliphatic rings. The van der Waals surface area contributed by atoms with Crippen LogP contribution in [-0.2, 0) is 22.6 Å². The molecule has 0 aliphatic heterocycles. The fourth-order valence-electron chi connectivity index (χ4n) is 4.67. The van der Waals surface area contributed by atoms with Gasteiger partial charge in [-0.2, -0.15) is 0 Å². The molecule has 0 fully saturated rings. The second-order valence-corrected chi connectivity index (χ2v) is 9.44. The molecule has 3 aromatic carbocycles. The van der Waals surface area contributed by atoms with Crippen molar-refractivity contribution >= 4 is 17.7 Å². The van der Waals surface area contributed by atoms with E-state index in [2.05, 4.69) is 4.84 Å². The number of nitrogens with zero attached hydrogens (tertiary/aromatic N) is 1. The van der Waals surface area contributed by atoms with Gasteiger partial charge in [-0.05, 0) is 66.1 Å². The second-order valence-electron chi connectivity index (χ2n) is 8.59. The smallest absolute Gasteiger partial charge is 0.338 e. The molecule has 0 radical (unpaired) electrons. The molecule has 0 aromatic heterocycles. The minimum absolute atomic E-state index is 0.202. The van der Waals surface area contributed by atoms with Crippen LogP contribution >= 0.6 is 11.8 Å². The van der Waals surface area contributed by atoms with Crippen molar-refractivity contribution in [2.45, 2.75) is 30.4 Å². The number of carbonyl (C=O) groups is 1. The topological polar surface area (TPSA) is 123 Å². The molecule has 4 rings (SSSR count). The fourth-order valence-corrected chi connectivity index (χ4v) is 5.13. The van der Waals surface area contributed by atoms with Gasteiger partial charge in [0.05, 0.1) is 31.8 Å². The Morgan fingerprint density at radius 2 is 1.82 bits per heavy atom. The summed E-state index contributed by atoms with van der Waals surface area (Å²) in [6.45, 7) is -0.300. The normalized spacial score (nSPS) is 13.8. The summed E-state index contributed by atoms with van der Waals surface area (Å²) in [5.74, 6) is 0.718. The van der Waals surface area contributed by atoms with E-state index in [-0.39, 0.29) is 17.6 Å². The summed E-state index contributed by atoms with van der Waals surface area (Å²) >= 11 is 1.32. The SMILES string of the molecule is COc1cc2c(c(OC)c1OC)-c1ccc(SC)c(=O)cc1[C@H](OC(=O)c1cccc(CO[N+](=O)[O-])c1)CC2. The highest BCUT2D eigenvalue weighted by molar-refractivity contribution is 7.98. The van der Waals surface area contributed by atoms with Crippen molar-refractivity contribution in [3.63, 3.8) is 0 Å². The molecule has 11 heteroatoms. The lowest BCUT2D eigenvalue weighted by Crippen LogP contribution is -2.14. The summed E-state index contributed by atoms with van der Waals surface area (Å²) < 4.78 is 22.9. The van der Waals surface area contributed by atoms with E-state index < -0.39 is 17.2 Å². The van der Waals surface area contributed by atoms with Crippen LogP contribution < -0.4 is 19.6 Å². The van der Waals surface area contributed by atoms with Crippen molar-refractivity contribution in [1.82, 2.24) is 0 Å². The molecule has 3 aromatic rings. The van der Waals surface area contributed by atoms with Gasteiger partial charge >= 0.3 is 5.97 Å². The number of aryl methyl sites for hydroxylation is 1. The summed E-state index contributed by atoms with van der Waals surface area (Å²) in [6.07, 6.45) is 1.92. The first-order valence-corrected chi connectivity index (χ1v) is 13.1. The second kappa shape index (κ2) is 12.1. The Hall–Kier alpha value is -4.25. The van der Waals surface area contributed by atoms with Crippen LogP contribution in [0, 0.1) is 10.1 Å². The third kappa shape index (κ3) is 5.78. The number of methoxy groups -OCH3 is 3. The molecular formula is C28H27NO9S. The fraction of sp³-hybridized carbons (Fsp3) is 0.286. The minimum atomic E-state index is -0.896. The molecule has 0 heterocycles. The Bertz CT molecular complexity index is 1470. The average Bonchev–Trinajstić information content (AvgIpc) is 3.19. The van der Waals surface area contributed by atoms with Crippen molar-refractivity contribution < 1.29 is 33.7 Å². The lowest BCUT2D eigenvalue weighted by molar-refractivity contribution is -0.763. The van der Waals surface area contributed by atoms with Gasteiger partial charge in [-0.3, -0.25) is 4.79 Å². The maximum atomic E-state index is 13.3. The van der Waals surface area contributed by atoms with Gasteiger partial charge in [-0.15, -0.1) is 21.9 Å². The molecule has 0 bridgehead atoms. The van der Waals surface area contributed by atoms with Crippen LogP contribution in [0.15, 0.2) is 58.2 Å². The predicted octanol–water partition coefficient (Wildman–Crippen LogP) is 5.01. The van der Waals surface area contributed by atoms with Gasteiger partial charge in [-0.25, -0.2) is 4.79 Å². The van der Waals surface area contributed by atoms with Gasteiger partial charge in [0.1, 0.15) is 12.7 Å². The van der Waals surface area contributed by atoms with Crippen LogP contribution in [0.4, 0.5) is 0 Å². The van der Waals surface area contributed by atoms with Crippen LogP contribution in [-0.4, -0.2) is 38.6 Å². The highest BCUT2D eigenvalue weighted by Gasteiger charge is 2.31. The molecule has 0 amide bonds. The molecule has 39 heavy (non-hydrogen) atoms.